The Kier molecular flexibility index (Phi) is 6.33. The van der Waals surface area contributed by atoms with Gasteiger partial charge in [-0.3, -0.25) is 14.2 Å². The van der Waals surface area contributed by atoms with Gasteiger partial charge in [0.25, 0.3) is 0 Å². The normalized spacial score (nSPS) is 24.2. The number of halogens is 1. The molecule has 1 saturated heterocycles. The Morgan fingerprint density at radius 3 is 2.71 bits per heavy atom. The lowest BCUT2D eigenvalue weighted by atomic mass is 9.98. The average Bonchev–Trinajstić information content (AvgIpc) is 3.30. The molecule has 11 nitrogen and oxygen atoms in total. The van der Waals surface area contributed by atoms with E-state index in [2.05, 4.69) is 20.3 Å². The van der Waals surface area contributed by atoms with Crippen LogP contribution in [0.15, 0.2) is 36.7 Å². The molecule has 3 N–H and O–H groups in total. The van der Waals surface area contributed by atoms with Gasteiger partial charge in [-0.2, -0.15) is 9.97 Å². The van der Waals surface area contributed by atoms with E-state index in [0.717, 1.165) is 5.56 Å². The summed E-state index contributed by atoms with van der Waals surface area (Å²) in [5.74, 6) is -0.895. The molecule has 3 aromatic rings. The van der Waals surface area contributed by atoms with Crippen LogP contribution in [-0.2, 0) is 30.2 Å². The van der Waals surface area contributed by atoms with Crippen LogP contribution in [0.1, 0.15) is 25.6 Å². The van der Waals surface area contributed by atoms with Crippen molar-refractivity contribution in [1.29, 1.82) is 0 Å². The molecular weight excluding hydrogens is 447 g/mol. The molecular formula is C22H25FN6O5. The average molecular weight is 472 g/mol. The second kappa shape index (κ2) is 9.21. The lowest BCUT2D eigenvalue weighted by Gasteiger charge is -2.27. The second-order valence-corrected chi connectivity index (χ2v) is 8.06. The first kappa shape index (κ1) is 23.4. The molecule has 2 aromatic heterocycles. The molecule has 3 heterocycles. The summed E-state index contributed by atoms with van der Waals surface area (Å²) in [5.41, 5.74) is 4.94. The molecule has 4 atom stereocenters. The minimum Gasteiger partial charge on any atom is -0.463 e. The van der Waals surface area contributed by atoms with Gasteiger partial charge in [-0.05, 0) is 12.5 Å². The zero-order chi connectivity index (χ0) is 24.5. The molecule has 0 radical (unpaired) electrons. The fraction of sp³-hybridized carbons (Fsp3) is 0.409. The SMILES string of the molecule is CNc1nc(N)nc2c1ncn2[C@@H]1O[C@H](COC(=O)Cc2ccccc2)[C@@H](OC(C)=O)[C@@]1(C)F. The van der Waals surface area contributed by atoms with Gasteiger partial charge in [-0.1, -0.05) is 30.3 Å². The van der Waals surface area contributed by atoms with Crippen LogP contribution in [-0.4, -0.2) is 63.0 Å². The minimum atomic E-state index is -2.21. The van der Waals surface area contributed by atoms with E-state index < -0.39 is 36.0 Å². The number of anilines is 2. The first-order chi connectivity index (χ1) is 16.2. The maximum absolute atomic E-state index is 16.1. The van der Waals surface area contributed by atoms with E-state index in [1.165, 1.54) is 24.7 Å². The molecule has 0 spiro atoms. The third kappa shape index (κ3) is 4.49. The summed E-state index contributed by atoms with van der Waals surface area (Å²) >= 11 is 0. The van der Waals surface area contributed by atoms with Gasteiger partial charge in [-0.15, -0.1) is 0 Å². The van der Waals surface area contributed by atoms with Gasteiger partial charge in [0.15, 0.2) is 35.0 Å². The number of nitrogens with one attached hydrogen (secondary N) is 1. The number of ether oxygens (including phenoxy) is 3. The second-order valence-electron chi connectivity index (χ2n) is 8.06. The molecule has 1 aliphatic rings. The number of imidazole rings is 1. The number of alkyl halides is 1. The van der Waals surface area contributed by atoms with Crippen molar-refractivity contribution >= 4 is 34.9 Å². The summed E-state index contributed by atoms with van der Waals surface area (Å²) in [7, 11) is 1.64. The number of esters is 2. The number of nitrogens with zero attached hydrogens (tertiary/aromatic N) is 4. The Bertz CT molecular complexity index is 1200. The van der Waals surface area contributed by atoms with Crippen LogP contribution in [0.2, 0.25) is 0 Å². The maximum atomic E-state index is 16.1. The van der Waals surface area contributed by atoms with Gasteiger partial charge in [0.05, 0.1) is 12.7 Å². The van der Waals surface area contributed by atoms with Crippen molar-refractivity contribution in [1.82, 2.24) is 19.5 Å². The molecule has 0 aliphatic carbocycles. The van der Waals surface area contributed by atoms with E-state index in [9.17, 15) is 9.59 Å². The van der Waals surface area contributed by atoms with Gasteiger partial charge < -0.3 is 25.3 Å². The van der Waals surface area contributed by atoms with Crippen molar-refractivity contribution in [2.45, 2.75) is 44.4 Å². The van der Waals surface area contributed by atoms with Crippen LogP contribution in [0.4, 0.5) is 16.2 Å². The third-order valence-electron chi connectivity index (χ3n) is 5.50. The van der Waals surface area contributed by atoms with Gasteiger partial charge in [-0.25, -0.2) is 9.37 Å². The number of benzene rings is 1. The van der Waals surface area contributed by atoms with Crippen molar-refractivity contribution in [2.24, 2.45) is 0 Å². The predicted molar refractivity (Wildman–Crippen MR) is 119 cm³/mol. The number of rotatable bonds is 7. The van der Waals surface area contributed by atoms with Crippen LogP contribution in [0, 0.1) is 0 Å². The fourth-order valence-electron chi connectivity index (χ4n) is 3.98. The Morgan fingerprint density at radius 1 is 1.29 bits per heavy atom. The quantitative estimate of drug-likeness (QED) is 0.488. The van der Waals surface area contributed by atoms with Gasteiger partial charge in [0, 0.05) is 14.0 Å². The molecule has 180 valence electrons. The van der Waals surface area contributed by atoms with Crippen molar-refractivity contribution in [3.05, 3.63) is 42.2 Å². The molecule has 0 bridgehead atoms. The van der Waals surface area contributed by atoms with Crippen molar-refractivity contribution in [2.75, 3.05) is 24.7 Å². The van der Waals surface area contributed by atoms with Crippen LogP contribution >= 0.6 is 0 Å². The van der Waals surface area contributed by atoms with E-state index in [1.54, 1.807) is 19.2 Å². The number of fused-ring (bicyclic) bond motifs is 1. The van der Waals surface area contributed by atoms with Crippen molar-refractivity contribution < 1.29 is 28.2 Å². The summed E-state index contributed by atoms with van der Waals surface area (Å²) in [6, 6.07) is 9.04. The molecule has 1 aliphatic heterocycles. The number of nitrogens with two attached hydrogens (primary N) is 1. The minimum absolute atomic E-state index is 0.0390. The Hall–Kier alpha value is -3.80. The van der Waals surface area contributed by atoms with E-state index in [1.807, 2.05) is 18.2 Å². The smallest absolute Gasteiger partial charge is 0.310 e. The zero-order valence-electron chi connectivity index (χ0n) is 18.9. The lowest BCUT2D eigenvalue weighted by molar-refractivity contribution is -0.159. The van der Waals surface area contributed by atoms with Crippen LogP contribution in [0.5, 0.6) is 0 Å². The summed E-state index contributed by atoms with van der Waals surface area (Å²) < 4.78 is 34.0. The van der Waals surface area contributed by atoms with Gasteiger partial charge in [0.1, 0.15) is 12.7 Å². The molecule has 0 unspecified atom stereocenters. The highest BCUT2D eigenvalue weighted by Crippen LogP contribution is 2.44. The number of nitrogen functional groups attached to an aromatic ring is 1. The van der Waals surface area contributed by atoms with Crippen LogP contribution in [0.3, 0.4) is 0 Å². The molecule has 0 saturated carbocycles. The summed E-state index contributed by atoms with van der Waals surface area (Å²) in [5, 5.41) is 2.86. The first-order valence-corrected chi connectivity index (χ1v) is 10.6. The number of hydrogen-bond acceptors (Lipinski definition) is 10. The largest absolute Gasteiger partial charge is 0.463 e. The first-order valence-electron chi connectivity index (χ1n) is 10.6. The van der Waals surface area contributed by atoms with Crippen LogP contribution < -0.4 is 11.1 Å². The zero-order valence-corrected chi connectivity index (χ0v) is 18.9. The van der Waals surface area contributed by atoms with Crippen molar-refractivity contribution in [3.8, 4) is 0 Å². The summed E-state index contributed by atoms with van der Waals surface area (Å²) in [4.78, 5) is 36.5. The monoisotopic (exact) mass is 472 g/mol. The fourth-order valence-corrected chi connectivity index (χ4v) is 3.98. The summed E-state index contributed by atoms with van der Waals surface area (Å²) in [6.07, 6.45) is -2.32. The molecule has 4 rings (SSSR count). The van der Waals surface area contributed by atoms with E-state index >= 15 is 4.39 Å². The number of carbonyl (C=O) groups excluding carboxylic acids is 2. The van der Waals surface area contributed by atoms with E-state index in [0.29, 0.717) is 11.3 Å². The van der Waals surface area contributed by atoms with E-state index in [-0.39, 0.29) is 24.6 Å². The molecule has 12 heteroatoms. The number of hydrogen-bond donors (Lipinski definition) is 2. The van der Waals surface area contributed by atoms with Crippen molar-refractivity contribution in [3.63, 3.8) is 0 Å². The lowest BCUT2D eigenvalue weighted by Crippen LogP contribution is -2.44. The number of aromatic nitrogens is 4. The summed E-state index contributed by atoms with van der Waals surface area (Å²) in [6.45, 7) is 2.10. The highest BCUT2D eigenvalue weighted by molar-refractivity contribution is 5.84. The van der Waals surface area contributed by atoms with Crippen LogP contribution in [0.25, 0.3) is 11.2 Å². The predicted octanol–water partition coefficient (Wildman–Crippen LogP) is 1.79. The van der Waals surface area contributed by atoms with E-state index in [4.69, 9.17) is 19.9 Å². The highest BCUT2D eigenvalue weighted by atomic mass is 19.1. The molecule has 1 fully saturated rings. The molecule has 1 aromatic carbocycles. The Balaban J connectivity index is 1.59. The molecule has 0 amide bonds. The maximum Gasteiger partial charge on any atom is 0.310 e. The standard InChI is InChI=1S/C22H25FN6O5/c1-12(30)33-17-14(10-32-15(31)9-13-7-5-4-6-8-13)34-20(22(17,2)23)29-11-26-16-18(25-3)27-21(24)28-19(16)29/h4-8,11,14,17,20H,9-10H2,1-3H3,(H3,24,25,27,28)/t14-,17-,20-,22-/m1/s1. The van der Waals surface area contributed by atoms with Gasteiger partial charge in [0.2, 0.25) is 5.95 Å². The topological polar surface area (TPSA) is 143 Å². The Morgan fingerprint density at radius 2 is 2.03 bits per heavy atom. The highest BCUT2D eigenvalue weighted by Gasteiger charge is 2.58. The third-order valence-corrected chi connectivity index (χ3v) is 5.50. The molecule has 34 heavy (non-hydrogen) atoms. The number of carbonyl (C=O) groups is 2. The van der Waals surface area contributed by atoms with Gasteiger partial charge >= 0.3 is 11.9 Å². The Labute approximate surface area is 194 Å².